The Bertz CT molecular complexity index is 500. The van der Waals surface area contributed by atoms with Crippen molar-refractivity contribution in [3.63, 3.8) is 0 Å². The summed E-state index contributed by atoms with van der Waals surface area (Å²) in [5.41, 5.74) is 2.24. The molecule has 5 heteroatoms. The number of carbonyl (C=O) groups excluding carboxylic acids is 1. The van der Waals surface area contributed by atoms with Gasteiger partial charge in [0.1, 0.15) is 6.61 Å². The SMILES string of the molecule is CCCOCC(=O)N1CCC/C(=N/O)c2ccccc21. The molecule has 0 atom stereocenters. The van der Waals surface area contributed by atoms with Gasteiger partial charge in [-0.15, -0.1) is 0 Å². The van der Waals surface area contributed by atoms with E-state index in [9.17, 15) is 4.79 Å². The molecule has 0 fully saturated rings. The molecule has 1 aromatic rings. The molecule has 0 saturated carbocycles. The summed E-state index contributed by atoms with van der Waals surface area (Å²) in [7, 11) is 0. The van der Waals surface area contributed by atoms with Crippen molar-refractivity contribution < 1.29 is 14.7 Å². The van der Waals surface area contributed by atoms with Crippen molar-refractivity contribution in [2.45, 2.75) is 26.2 Å². The minimum Gasteiger partial charge on any atom is -0.411 e. The Morgan fingerprint density at radius 2 is 2.25 bits per heavy atom. The van der Waals surface area contributed by atoms with Gasteiger partial charge in [0, 0.05) is 18.7 Å². The first-order valence-corrected chi connectivity index (χ1v) is 6.96. The number of ether oxygens (including phenoxy) is 1. The summed E-state index contributed by atoms with van der Waals surface area (Å²) >= 11 is 0. The van der Waals surface area contributed by atoms with Crippen LogP contribution < -0.4 is 4.90 Å². The molecule has 0 saturated heterocycles. The molecule has 0 radical (unpaired) electrons. The Morgan fingerprint density at radius 1 is 1.45 bits per heavy atom. The van der Waals surface area contributed by atoms with Crippen molar-refractivity contribution in [3.8, 4) is 0 Å². The van der Waals surface area contributed by atoms with Gasteiger partial charge in [-0.05, 0) is 25.3 Å². The van der Waals surface area contributed by atoms with Crippen LogP contribution in [0.15, 0.2) is 29.4 Å². The first-order chi connectivity index (χ1) is 9.77. The van der Waals surface area contributed by atoms with Crippen molar-refractivity contribution in [2.24, 2.45) is 5.16 Å². The maximum absolute atomic E-state index is 12.3. The Balaban J connectivity index is 2.23. The molecule has 1 aliphatic heterocycles. The Morgan fingerprint density at radius 3 is 3.00 bits per heavy atom. The van der Waals surface area contributed by atoms with Crippen LogP contribution in [0.3, 0.4) is 0 Å². The van der Waals surface area contributed by atoms with E-state index in [2.05, 4.69) is 5.16 Å². The number of nitrogens with zero attached hydrogens (tertiary/aromatic N) is 2. The van der Waals surface area contributed by atoms with Gasteiger partial charge in [-0.25, -0.2) is 0 Å². The van der Waals surface area contributed by atoms with E-state index < -0.39 is 0 Å². The lowest BCUT2D eigenvalue weighted by atomic mass is 10.1. The van der Waals surface area contributed by atoms with Crippen LogP contribution in [-0.4, -0.2) is 36.6 Å². The van der Waals surface area contributed by atoms with E-state index in [4.69, 9.17) is 9.94 Å². The molecule has 108 valence electrons. The van der Waals surface area contributed by atoms with E-state index >= 15 is 0 Å². The summed E-state index contributed by atoms with van der Waals surface area (Å²) < 4.78 is 5.34. The fourth-order valence-corrected chi connectivity index (χ4v) is 2.36. The largest absolute Gasteiger partial charge is 0.411 e. The number of para-hydroxylation sites is 1. The predicted molar refractivity (Wildman–Crippen MR) is 77.5 cm³/mol. The van der Waals surface area contributed by atoms with Crippen molar-refractivity contribution in [2.75, 3.05) is 24.7 Å². The van der Waals surface area contributed by atoms with Crippen molar-refractivity contribution in [1.29, 1.82) is 0 Å². The lowest BCUT2D eigenvalue weighted by Crippen LogP contribution is -2.34. The van der Waals surface area contributed by atoms with Gasteiger partial charge in [0.25, 0.3) is 5.91 Å². The number of amides is 1. The van der Waals surface area contributed by atoms with Crippen molar-refractivity contribution >= 4 is 17.3 Å². The van der Waals surface area contributed by atoms with Gasteiger partial charge >= 0.3 is 0 Å². The summed E-state index contributed by atoms with van der Waals surface area (Å²) in [4.78, 5) is 14.0. The quantitative estimate of drug-likeness (QED) is 0.522. The van der Waals surface area contributed by atoms with E-state index in [0.29, 0.717) is 25.3 Å². The Labute approximate surface area is 118 Å². The summed E-state index contributed by atoms with van der Waals surface area (Å²) in [5.74, 6) is -0.0508. The first kappa shape index (κ1) is 14.5. The highest BCUT2D eigenvalue weighted by Crippen LogP contribution is 2.26. The minimum absolute atomic E-state index is 0.0508. The molecule has 1 aromatic carbocycles. The van der Waals surface area contributed by atoms with Crippen LogP contribution in [0.5, 0.6) is 0 Å². The normalized spacial score (nSPS) is 16.9. The minimum atomic E-state index is -0.0508. The monoisotopic (exact) mass is 276 g/mol. The van der Waals surface area contributed by atoms with Crippen molar-refractivity contribution in [1.82, 2.24) is 0 Å². The van der Waals surface area contributed by atoms with Gasteiger partial charge in [0.2, 0.25) is 0 Å². The van der Waals surface area contributed by atoms with E-state index in [1.54, 1.807) is 4.90 Å². The molecule has 1 aliphatic rings. The molecule has 0 aromatic heterocycles. The lowest BCUT2D eigenvalue weighted by molar-refractivity contribution is -0.123. The Hall–Kier alpha value is -1.88. The zero-order chi connectivity index (χ0) is 14.4. The second-order valence-corrected chi connectivity index (χ2v) is 4.77. The third kappa shape index (κ3) is 3.17. The molecular weight excluding hydrogens is 256 g/mol. The molecule has 20 heavy (non-hydrogen) atoms. The van der Waals surface area contributed by atoms with Gasteiger partial charge in [0.05, 0.1) is 11.4 Å². The van der Waals surface area contributed by atoms with Gasteiger partial charge < -0.3 is 14.8 Å². The topological polar surface area (TPSA) is 62.1 Å². The first-order valence-electron chi connectivity index (χ1n) is 6.96. The van der Waals surface area contributed by atoms with Crippen LogP contribution in [0.4, 0.5) is 5.69 Å². The van der Waals surface area contributed by atoms with Crippen LogP contribution in [0.25, 0.3) is 0 Å². The van der Waals surface area contributed by atoms with Gasteiger partial charge in [-0.1, -0.05) is 30.3 Å². The number of fused-ring (bicyclic) bond motifs is 1. The standard InChI is InChI=1S/C15H20N2O3/c1-2-10-20-11-15(18)17-9-5-7-13(16-19)12-6-3-4-8-14(12)17/h3-4,6,8,19H,2,5,7,9-11H2,1H3/b16-13-. The smallest absolute Gasteiger partial charge is 0.252 e. The zero-order valence-electron chi connectivity index (χ0n) is 11.7. The number of hydrogen-bond donors (Lipinski definition) is 1. The van der Waals surface area contributed by atoms with Crippen LogP contribution >= 0.6 is 0 Å². The molecule has 5 nitrogen and oxygen atoms in total. The molecule has 0 aliphatic carbocycles. The van der Waals surface area contributed by atoms with E-state index in [1.807, 2.05) is 31.2 Å². The number of benzene rings is 1. The molecule has 1 N–H and O–H groups in total. The molecule has 0 bridgehead atoms. The summed E-state index contributed by atoms with van der Waals surface area (Å²) in [6.07, 6.45) is 2.33. The molecule has 1 amide bonds. The van der Waals surface area contributed by atoms with Gasteiger partial charge in [-0.2, -0.15) is 0 Å². The lowest BCUT2D eigenvalue weighted by Gasteiger charge is -2.22. The average Bonchev–Trinajstić information content (AvgIpc) is 2.66. The molecular formula is C15H20N2O3. The summed E-state index contributed by atoms with van der Waals surface area (Å²) in [6, 6.07) is 7.52. The van der Waals surface area contributed by atoms with Crippen LogP contribution in [0.2, 0.25) is 0 Å². The fraction of sp³-hybridized carbons (Fsp3) is 0.467. The zero-order valence-corrected chi connectivity index (χ0v) is 11.7. The van der Waals surface area contributed by atoms with Gasteiger partial charge in [0.15, 0.2) is 0 Å². The van der Waals surface area contributed by atoms with Crippen LogP contribution in [0, 0.1) is 0 Å². The van der Waals surface area contributed by atoms with E-state index in [-0.39, 0.29) is 12.5 Å². The number of hydrogen-bond acceptors (Lipinski definition) is 4. The second-order valence-electron chi connectivity index (χ2n) is 4.77. The van der Waals surface area contributed by atoms with E-state index in [1.165, 1.54) is 0 Å². The molecule has 1 heterocycles. The highest BCUT2D eigenvalue weighted by atomic mass is 16.5. The highest BCUT2D eigenvalue weighted by molar-refractivity contribution is 6.09. The highest BCUT2D eigenvalue weighted by Gasteiger charge is 2.23. The van der Waals surface area contributed by atoms with Crippen LogP contribution in [-0.2, 0) is 9.53 Å². The van der Waals surface area contributed by atoms with Gasteiger partial charge in [-0.3, -0.25) is 4.79 Å². The maximum atomic E-state index is 12.3. The maximum Gasteiger partial charge on any atom is 0.252 e. The number of oxime groups is 1. The van der Waals surface area contributed by atoms with Crippen LogP contribution in [0.1, 0.15) is 31.7 Å². The van der Waals surface area contributed by atoms with Crippen molar-refractivity contribution in [3.05, 3.63) is 29.8 Å². The average molecular weight is 276 g/mol. The summed E-state index contributed by atoms with van der Waals surface area (Å²) in [6.45, 7) is 3.30. The summed E-state index contributed by atoms with van der Waals surface area (Å²) in [5, 5.41) is 12.5. The third-order valence-corrected chi connectivity index (χ3v) is 3.30. The molecule has 0 spiro atoms. The second kappa shape index (κ2) is 7.05. The fourth-order valence-electron chi connectivity index (χ4n) is 2.36. The number of anilines is 1. The van der Waals surface area contributed by atoms with E-state index in [0.717, 1.165) is 24.1 Å². The number of carbonyl (C=O) groups is 1. The predicted octanol–water partition coefficient (Wildman–Crippen LogP) is 2.42. The Kier molecular flexibility index (Phi) is 5.12. The molecule has 2 rings (SSSR count). The molecule has 0 unspecified atom stereocenters. The third-order valence-electron chi connectivity index (χ3n) is 3.30. The number of rotatable bonds is 4.